The Kier molecular flexibility index (Phi) is 6.88. The SMILES string of the molecule is CCC[C@H](c1ccc(OCCOC)cc1)c1ccc2[nH]c(=O)c(CC)cc2c1. The standard InChI is InChI=1S/C24H29NO3/c1-4-6-22(18-7-10-21(11-8-18)28-14-13-27-3)19-9-12-23-20(16-19)15-17(5-2)24(26)25-23/h7-12,15-16,22H,4-6,13-14H2,1-3H3,(H,25,26)/t22-/m1/s1. The number of aromatic nitrogens is 1. The van der Waals surface area contributed by atoms with Gasteiger partial charge in [-0.05, 0) is 59.7 Å². The van der Waals surface area contributed by atoms with Crippen LogP contribution >= 0.6 is 0 Å². The molecule has 1 aromatic heterocycles. The van der Waals surface area contributed by atoms with Crippen LogP contribution in [0.5, 0.6) is 5.75 Å². The van der Waals surface area contributed by atoms with Crippen molar-refractivity contribution in [2.75, 3.05) is 20.3 Å². The number of aromatic amines is 1. The van der Waals surface area contributed by atoms with Crippen LogP contribution in [-0.4, -0.2) is 25.3 Å². The summed E-state index contributed by atoms with van der Waals surface area (Å²) in [5.41, 5.74) is 4.28. The van der Waals surface area contributed by atoms with Gasteiger partial charge in [-0.15, -0.1) is 0 Å². The molecule has 1 heterocycles. The van der Waals surface area contributed by atoms with Crippen LogP contribution in [0.15, 0.2) is 53.3 Å². The van der Waals surface area contributed by atoms with Crippen molar-refractivity contribution in [2.24, 2.45) is 0 Å². The molecule has 0 fully saturated rings. The van der Waals surface area contributed by atoms with E-state index in [0.29, 0.717) is 19.1 Å². The van der Waals surface area contributed by atoms with Crippen molar-refractivity contribution in [1.29, 1.82) is 0 Å². The van der Waals surface area contributed by atoms with E-state index in [2.05, 4.69) is 36.2 Å². The Hall–Kier alpha value is -2.59. The van der Waals surface area contributed by atoms with Gasteiger partial charge in [0.2, 0.25) is 0 Å². The lowest BCUT2D eigenvalue weighted by atomic mass is 9.87. The van der Waals surface area contributed by atoms with Gasteiger partial charge in [0.15, 0.2) is 0 Å². The summed E-state index contributed by atoms with van der Waals surface area (Å²) in [5, 5.41) is 1.09. The number of benzene rings is 2. The molecule has 0 saturated heterocycles. The van der Waals surface area contributed by atoms with Crippen molar-refractivity contribution in [3.8, 4) is 5.75 Å². The van der Waals surface area contributed by atoms with Crippen molar-refractivity contribution >= 4 is 10.9 Å². The fourth-order valence-electron chi connectivity index (χ4n) is 3.60. The van der Waals surface area contributed by atoms with Crippen LogP contribution in [0.3, 0.4) is 0 Å². The minimum absolute atomic E-state index is 0.0110. The largest absolute Gasteiger partial charge is 0.491 e. The average Bonchev–Trinajstić information content (AvgIpc) is 2.72. The number of aryl methyl sites for hydroxylation is 1. The fraction of sp³-hybridized carbons (Fsp3) is 0.375. The van der Waals surface area contributed by atoms with Crippen LogP contribution in [0.4, 0.5) is 0 Å². The highest BCUT2D eigenvalue weighted by Crippen LogP contribution is 2.32. The van der Waals surface area contributed by atoms with Crippen molar-refractivity contribution in [3.63, 3.8) is 0 Å². The first-order valence-electron chi connectivity index (χ1n) is 10.0. The number of hydrogen-bond donors (Lipinski definition) is 1. The summed E-state index contributed by atoms with van der Waals surface area (Å²) in [7, 11) is 1.67. The topological polar surface area (TPSA) is 51.3 Å². The van der Waals surface area contributed by atoms with E-state index < -0.39 is 0 Å². The first kappa shape index (κ1) is 20.2. The average molecular weight is 380 g/mol. The van der Waals surface area contributed by atoms with Crippen molar-refractivity contribution in [2.45, 2.75) is 39.0 Å². The van der Waals surface area contributed by atoms with Gasteiger partial charge in [-0.25, -0.2) is 0 Å². The number of fused-ring (bicyclic) bond motifs is 1. The minimum Gasteiger partial charge on any atom is -0.491 e. The molecule has 4 nitrogen and oxygen atoms in total. The first-order valence-corrected chi connectivity index (χ1v) is 10.0. The zero-order valence-electron chi connectivity index (χ0n) is 17.0. The van der Waals surface area contributed by atoms with E-state index in [1.165, 1.54) is 11.1 Å². The van der Waals surface area contributed by atoms with Crippen LogP contribution in [-0.2, 0) is 11.2 Å². The highest BCUT2D eigenvalue weighted by Gasteiger charge is 2.15. The Morgan fingerprint density at radius 2 is 1.71 bits per heavy atom. The number of nitrogens with one attached hydrogen (secondary N) is 1. The summed E-state index contributed by atoms with van der Waals surface area (Å²) in [4.78, 5) is 15.1. The number of H-pyrrole nitrogens is 1. The van der Waals surface area contributed by atoms with Crippen molar-refractivity contribution in [1.82, 2.24) is 4.98 Å². The van der Waals surface area contributed by atoms with Gasteiger partial charge in [0, 0.05) is 24.1 Å². The predicted molar refractivity (Wildman–Crippen MR) is 115 cm³/mol. The second-order valence-corrected chi connectivity index (χ2v) is 7.08. The van der Waals surface area contributed by atoms with E-state index >= 15 is 0 Å². The minimum atomic E-state index is 0.0110. The van der Waals surface area contributed by atoms with Gasteiger partial charge in [0.1, 0.15) is 12.4 Å². The zero-order chi connectivity index (χ0) is 19.9. The van der Waals surface area contributed by atoms with Gasteiger partial charge in [0.25, 0.3) is 5.56 Å². The molecule has 28 heavy (non-hydrogen) atoms. The molecule has 1 atom stereocenters. The molecule has 0 radical (unpaired) electrons. The molecule has 0 aliphatic heterocycles. The lowest BCUT2D eigenvalue weighted by molar-refractivity contribution is 0.146. The second-order valence-electron chi connectivity index (χ2n) is 7.08. The molecule has 0 bridgehead atoms. The Bertz CT molecular complexity index is 960. The molecule has 4 heteroatoms. The smallest absolute Gasteiger partial charge is 0.251 e. The molecule has 3 rings (SSSR count). The number of rotatable bonds is 9. The molecule has 0 amide bonds. The van der Waals surface area contributed by atoms with E-state index in [1.807, 2.05) is 31.2 Å². The first-order chi connectivity index (χ1) is 13.7. The van der Waals surface area contributed by atoms with Gasteiger partial charge in [-0.3, -0.25) is 4.79 Å². The maximum Gasteiger partial charge on any atom is 0.251 e. The lowest BCUT2D eigenvalue weighted by Gasteiger charge is -2.19. The van der Waals surface area contributed by atoms with Crippen LogP contribution in [0.1, 0.15) is 49.3 Å². The van der Waals surface area contributed by atoms with Crippen LogP contribution in [0.2, 0.25) is 0 Å². The van der Waals surface area contributed by atoms with E-state index in [0.717, 1.165) is 41.5 Å². The zero-order valence-corrected chi connectivity index (χ0v) is 17.0. The predicted octanol–water partition coefficient (Wildman–Crippen LogP) is 5.05. The Morgan fingerprint density at radius 1 is 0.964 bits per heavy atom. The van der Waals surface area contributed by atoms with Crippen molar-refractivity contribution in [3.05, 3.63) is 75.6 Å². The summed E-state index contributed by atoms with van der Waals surface area (Å²) < 4.78 is 10.7. The summed E-state index contributed by atoms with van der Waals surface area (Å²) in [6, 6.07) is 16.8. The molecule has 2 aromatic carbocycles. The summed E-state index contributed by atoms with van der Waals surface area (Å²) >= 11 is 0. The number of methoxy groups -OCH3 is 1. The maximum atomic E-state index is 12.1. The fourth-order valence-corrected chi connectivity index (χ4v) is 3.60. The number of pyridine rings is 1. The van der Waals surface area contributed by atoms with E-state index in [9.17, 15) is 4.79 Å². The number of hydrogen-bond acceptors (Lipinski definition) is 3. The molecular formula is C24H29NO3. The van der Waals surface area contributed by atoms with Crippen LogP contribution in [0, 0.1) is 0 Å². The quantitative estimate of drug-likeness (QED) is 0.530. The maximum absolute atomic E-state index is 12.1. The van der Waals surface area contributed by atoms with Gasteiger partial charge < -0.3 is 14.5 Å². The molecule has 0 aliphatic carbocycles. The van der Waals surface area contributed by atoms with E-state index in [-0.39, 0.29) is 5.56 Å². The normalized spacial score (nSPS) is 12.2. The molecule has 0 aliphatic rings. The van der Waals surface area contributed by atoms with E-state index in [1.54, 1.807) is 7.11 Å². The van der Waals surface area contributed by atoms with Gasteiger partial charge in [-0.1, -0.05) is 38.5 Å². The van der Waals surface area contributed by atoms with Gasteiger partial charge in [0.05, 0.1) is 6.61 Å². The number of ether oxygens (including phenoxy) is 2. The lowest BCUT2D eigenvalue weighted by Crippen LogP contribution is -2.11. The molecule has 3 aromatic rings. The molecule has 0 saturated carbocycles. The highest BCUT2D eigenvalue weighted by atomic mass is 16.5. The third-order valence-corrected chi connectivity index (χ3v) is 5.14. The van der Waals surface area contributed by atoms with Gasteiger partial charge in [-0.2, -0.15) is 0 Å². The molecule has 1 N–H and O–H groups in total. The summed E-state index contributed by atoms with van der Waals surface area (Å²) in [5.74, 6) is 1.18. The molecular weight excluding hydrogens is 350 g/mol. The van der Waals surface area contributed by atoms with E-state index in [4.69, 9.17) is 9.47 Å². The van der Waals surface area contributed by atoms with Crippen molar-refractivity contribution < 1.29 is 9.47 Å². The van der Waals surface area contributed by atoms with Gasteiger partial charge >= 0.3 is 0 Å². The molecule has 0 spiro atoms. The monoisotopic (exact) mass is 379 g/mol. The molecule has 148 valence electrons. The van der Waals surface area contributed by atoms with Crippen LogP contribution < -0.4 is 10.3 Å². The third kappa shape index (κ3) is 4.63. The molecule has 0 unspecified atom stereocenters. The van der Waals surface area contributed by atoms with Crippen LogP contribution in [0.25, 0.3) is 10.9 Å². The summed E-state index contributed by atoms with van der Waals surface area (Å²) in [6.07, 6.45) is 2.90. The Morgan fingerprint density at radius 3 is 2.39 bits per heavy atom. The Balaban J connectivity index is 1.91. The second kappa shape index (κ2) is 9.56. The highest BCUT2D eigenvalue weighted by molar-refractivity contribution is 5.80. The Labute approximate surface area is 166 Å². The summed E-state index contributed by atoms with van der Waals surface area (Å²) in [6.45, 7) is 5.36. The third-order valence-electron chi connectivity index (χ3n) is 5.14.